The summed E-state index contributed by atoms with van der Waals surface area (Å²) in [4.78, 5) is 20.8. The monoisotopic (exact) mass is 342 g/mol. The number of amides is 1. The van der Waals surface area contributed by atoms with Crippen molar-refractivity contribution in [2.45, 2.75) is 25.8 Å². The van der Waals surface area contributed by atoms with Crippen LogP contribution in [0.4, 0.5) is 5.82 Å². The fourth-order valence-electron chi connectivity index (χ4n) is 2.29. The molecule has 1 fully saturated rings. The summed E-state index contributed by atoms with van der Waals surface area (Å²) in [6, 6.07) is 9.46. The number of methoxy groups -OCH3 is 1. The van der Waals surface area contributed by atoms with E-state index in [0.29, 0.717) is 36.5 Å². The first-order chi connectivity index (χ1) is 12.1. The Balaban J connectivity index is 1.47. The lowest BCUT2D eigenvalue weighted by Crippen LogP contribution is -2.29. The van der Waals surface area contributed by atoms with Crippen LogP contribution in [0.5, 0.6) is 11.5 Å². The van der Waals surface area contributed by atoms with Gasteiger partial charge in [0.05, 0.1) is 13.7 Å². The molecule has 1 amide bonds. The van der Waals surface area contributed by atoms with Gasteiger partial charge in [0, 0.05) is 12.1 Å². The van der Waals surface area contributed by atoms with Crippen LogP contribution in [0.15, 0.2) is 30.3 Å². The van der Waals surface area contributed by atoms with Crippen LogP contribution < -0.4 is 20.1 Å². The molecule has 2 N–H and O–H groups in total. The molecule has 1 aromatic heterocycles. The third-order valence-electron chi connectivity index (χ3n) is 3.72. The minimum absolute atomic E-state index is 0.234. The Kier molecular flexibility index (Phi) is 5.33. The molecular weight excluding hydrogens is 320 g/mol. The van der Waals surface area contributed by atoms with E-state index in [1.54, 1.807) is 20.1 Å². The molecule has 0 aliphatic heterocycles. The highest BCUT2D eigenvalue weighted by atomic mass is 16.5. The number of aryl methyl sites for hydroxylation is 1. The molecule has 7 nitrogen and oxygen atoms in total. The highest BCUT2D eigenvalue weighted by Crippen LogP contribution is 2.23. The van der Waals surface area contributed by atoms with Gasteiger partial charge in [0.2, 0.25) is 0 Å². The van der Waals surface area contributed by atoms with E-state index in [-0.39, 0.29) is 5.91 Å². The fraction of sp³-hybridized carbons (Fsp3) is 0.389. The average Bonchev–Trinajstić information content (AvgIpc) is 3.42. The summed E-state index contributed by atoms with van der Waals surface area (Å²) in [5.41, 5.74) is 0.361. The van der Waals surface area contributed by atoms with Crippen molar-refractivity contribution in [1.82, 2.24) is 15.3 Å². The minimum Gasteiger partial charge on any atom is -0.497 e. The third-order valence-corrected chi connectivity index (χ3v) is 3.72. The minimum atomic E-state index is -0.234. The van der Waals surface area contributed by atoms with Gasteiger partial charge < -0.3 is 20.1 Å². The third kappa shape index (κ3) is 5.07. The van der Waals surface area contributed by atoms with Gasteiger partial charge in [-0.05, 0) is 44.0 Å². The molecule has 1 aromatic carbocycles. The second kappa shape index (κ2) is 7.83. The Labute approximate surface area is 146 Å². The van der Waals surface area contributed by atoms with Gasteiger partial charge in [0.15, 0.2) is 0 Å². The molecule has 1 aliphatic carbocycles. The number of rotatable bonds is 8. The predicted octanol–water partition coefficient (Wildman–Crippen LogP) is 2.18. The van der Waals surface area contributed by atoms with Crippen molar-refractivity contribution in [2.75, 3.05) is 25.6 Å². The SMILES string of the molecule is COc1ccc(OCCNC(=O)c2cc(NC3CC3)nc(C)n2)cc1. The highest BCUT2D eigenvalue weighted by Gasteiger charge is 2.22. The Bertz CT molecular complexity index is 730. The molecule has 0 saturated heterocycles. The molecule has 0 spiro atoms. The van der Waals surface area contributed by atoms with Crippen LogP contribution in [0.3, 0.4) is 0 Å². The van der Waals surface area contributed by atoms with Crippen molar-refractivity contribution in [3.05, 3.63) is 41.9 Å². The molecule has 3 rings (SSSR count). The van der Waals surface area contributed by atoms with Crippen molar-refractivity contribution in [2.24, 2.45) is 0 Å². The van der Waals surface area contributed by atoms with Gasteiger partial charge >= 0.3 is 0 Å². The lowest BCUT2D eigenvalue weighted by molar-refractivity contribution is 0.0941. The summed E-state index contributed by atoms with van der Waals surface area (Å²) in [7, 11) is 1.62. The maximum Gasteiger partial charge on any atom is 0.270 e. The molecule has 0 atom stereocenters. The Morgan fingerprint density at radius 1 is 1.20 bits per heavy atom. The van der Waals surface area contributed by atoms with Gasteiger partial charge in [-0.1, -0.05) is 0 Å². The number of anilines is 1. The molecule has 2 aromatic rings. The van der Waals surface area contributed by atoms with Crippen molar-refractivity contribution in [1.29, 1.82) is 0 Å². The predicted molar refractivity (Wildman–Crippen MR) is 94.2 cm³/mol. The van der Waals surface area contributed by atoms with Gasteiger partial charge in [0.1, 0.15) is 35.4 Å². The molecule has 1 saturated carbocycles. The van der Waals surface area contributed by atoms with E-state index in [0.717, 1.165) is 24.3 Å². The van der Waals surface area contributed by atoms with E-state index in [9.17, 15) is 4.79 Å². The number of hydrogen-bond acceptors (Lipinski definition) is 6. The van der Waals surface area contributed by atoms with Gasteiger partial charge in [0.25, 0.3) is 5.91 Å². The molecule has 132 valence electrons. The van der Waals surface area contributed by atoms with Gasteiger partial charge in [-0.15, -0.1) is 0 Å². The number of aromatic nitrogens is 2. The number of benzene rings is 1. The smallest absolute Gasteiger partial charge is 0.270 e. The first-order valence-corrected chi connectivity index (χ1v) is 8.31. The van der Waals surface area contributed by atoms with E-state index < -0.39 is 0 Å². The molecule has 7 heteroatoms. The van der Waals surface area contributed by atoms with Crippen LogP contribution in [0.1, 0.15) is 29.2 Å². The van der Waals surface area contributed by atoms with E-state index in [2.05, 4.69) is 20.6 Å². The van der Waals surface area contributed by atoms with E-state index in [1.807, 2.05) is 24.3 Å². The van der Waals surface area contributed by atoms with Gasteiger partial charge in [-0.25, -0.2) is 9.97 Å². The number of carbonyl (C=O) groups is 1. The van der Waals surface area contributed by atoms with Gasteiger partial charge in [-0.2, -0.15) is 0 Å². The molecule has 0 radical (unpaired) electrons. The Morgan fingerprint density at radius 2 is 1.92 bits per heavy atom. The van der Waals surface area contributed by atoms with Crippen molar-refractivity contribution < 1.29 is 14.3 Å². The second-order valence-corrected chi connectivity index (χ2v) is 5.88. The number of nitrogens with one attached hydrogen (secondary N) is 2. The summed E-state index contributed by atoms with van der Waals surface area (Å²) in [5.74, 6) is 2.54. The summed E-state index contributed by atoms with van der Waals surface area (Å²) >= 11 is 0. The van der Waals surface area contributed by atoms with Gasteiger partial charge in [-0.3, -0.25) is 4.79 Å². The summed E-state index contributed by atoms with van der Waals surface area (Å²) in [6.45, 7) is 2.54. The zero-order valence-electron chi connectivity index (χ0n) is 14.4. The molecule has 1 heterocycles. The quantitative estimate of drug-likeness (QED) is 0.715. The molecule has 0 unspecified atom stereocenters. The van der Waals surface area contributed by atoms with Crippen LogP contribution in [0.25, 0.3) is 0 Å². The summed E-state index contributed by atoms with van der Waals surface area (Å²) < 4.78 is 10.7. The fourth-order valence-corrected chi connectivity index (χ4v) is 2.29. The van der Waals surface area contributed by atoms with Crippen molar-refractivity contribution >= 4 is 11.7 Å². The summed E-state index contributed by atoms with van der Waals surface area (Å²) in [6.07, 6.45) is 2.29. The van der Waals surface area contributed by atoms with E-state index in [4.69, 9.17) is 9.47 Å². The lowest BCUT2D eigenvalue weighted by atomic mass is 10.3. The maximum absolute atomic E-state index is 12.2. The van der Waals surface area contributed by atoms with Crippen LogP contribution in [-0.4, -0.2) is 42.2 Å². The Morgan fingerprint density at radius 3 is 2.60 bits per heavy atom. The standard InChI is InChI=1S/C18H22N4O3/c1-12-20-16(11-17(21-12)22-13-3-4-13)18(23)19-9-10-25-15-7-5-14(24-2)6-8-15/h5-8,11,13H,3-4,9-10H2,1-2H3,(H,19,23)(H,20,21,22). The number of carbonyl (C=O) groups excluding carboxylic acids is 1. The van der Waals surface area contributed by atoms with Crippen molar-refractivity contribution in [3.63, 3.8) is 0 Å². The van der Waals surface area contributed by atoms with E-state index >= 15 is 0 Å². The van der Waals surface area contributed by atoms with Crippen LogP contribution in [0.2, 0.25) is 0 Å². The van der Waals surface area contributed by atoms with E-state index in [1.165, 1.54) is 0 Å². The Hall–Kier alpha value is -2.83. The number of hydrogen-bond donors (Lipinski definition) is 2. The van der Waals surface area contributed by atoms with Crippen LogP contribution in [-0.2, 0) is 0 Å². The maximum atomic E-state index is 12.2. The number of ether oxygens (including phenoxy) is 2. The topological polar surface area (TPSA) is 85.4 Å². The zero-order chi connectivity index (χ0) is 17.6. The first kappa shape index (κ1) is 17.0. The largest absolute Gasteiger partial charge is 0.497 e. The second-order valence-electron chi connectivity index (χ2n) is 5.88. The molecule has 1 aliphatic rings. The normalized spacial score (nSPS) is 13.2. The summed E-state index contributed by atoms with van der Waals surface area (Å²) in [5, 5.41) is 6.09. The molecule has 25 heavy (non-hydrogen) atoms. The molecular formula is C18H22N4O3. The average molecular weight is 342 g/mol. The molecule has 0 bridgehead atoms. The van der Waals surface area contributed by atoms with Crippen LogP contribution in [0, 0.1) is 6.92 Å². The highest BCUT2D eigenvalue weighted by molar-refractivity contribution is 5.92. The zero-order valence-corrected chi connectivity index (χ0v) is 14.4. The number of nitrogens with zero attached hydrogens (tertiary/aromatic N) is 2. The van der Waals surface area contributed by atoms with Crippen LogP contribution >= 0.6 is 0 Å². The first-order valence-electron chi connectivity index (χ1n) is 8.31. The van der Waals surface area contributed by atoms with Crippen molar-refractivity contribution in [3.8, 4) is 11.5 Å². The lowest BCUT2D eigenvalue weighted by Gasteiger charge is -2.10.